The summed E-state index contributed by atoms with van der Waals surface area (Å²) in [5, 5.41) is 8.78. The van der Waals surface area contributed by atoms with Gasteiger partial charge in [0, 0.05) is 28.7 Å². The molecular weight excluding hydrogens is 332 g/mol. The molecule has 1 heterocycles. The molecule has 4 nitrogen and oxygen atoms in total. The van der Waals surface area contributed by atoms with Gasteiger partial charge in [-0.05, 0) is 43.5 Å². The first kappa shape index (κ1) is 15.6. The number of carboxylic acid groups (broad SMARTS) is 1. The zero-order chi connectivity index (χ0) is 15.4. The highest BCUT2D eigenvalue weighted by atomic mass is 79.9. The lowest BCUT2D eigenvalue weighted by atomic mass is 10.1. The fourth-order valence-corrected chi connectivity index (χ4v) is 2.53. The van der Waals surface area contributed by atoms with Crippen LogP contribution in [0.3, 0.4) is 0 Å². The van der Waals surface area contributed by atoms with Crippen LogP contribution in [0.15, 0.2) is 28.7 Å². The van der Waals surface area contributed by atoms with E-state index < -0.39 is 5.97 Å². The van der Waals surface area contributed by atoms with Crippen LogP contribution in [0.2, 0.25) is 0 Å². The molecule has 21 heavy (non-hydrogen) atoms. The molecule has 0 saturated carbocycles. The topological polar surface area (TPSA) is 63.1 Å². The zero-order valence-corrected chi connectivity index (χ0v) is 13.6. The van der Waals surface area contributed by atoms with Crippen molar-refractivity contribution in [3.63, 3.8) is 0 Å². The Hall–Kier alpha value is -1.75. The number of carbonyl (C=O) groups is 1. The average molecular weight is 349 g/mol. The number of aliphatic carboxylic acids is 1. The molecule has 2 aromatic rings. The first-order valence-electron chi connectivity index (χ1n) is 6.75. The van der Waals surface area contributed by atoms with E-state index in [0.717, 1.165) is 32.8 Å². The summed E-state index contributed by atoms with van der Waals surface area (Å²) in [6, 6.07) is 8.07. The fraction of sp³-hybridized carbons (Fsp3) is 0.312. The van der Waals surface area contributed by atoms with E-state index in [4.69, 9.17) is 5.11 Å². The Labute approximate surface area is 132 Å². The summed E-state index contributed by atoms with van der Waals surface area (Å²) in [5.74, 6) is -0.0286. The lowest BCUT2D eigenvalue weighted by Crippen LogP contribution is -2.08. The molecule has 0 saturated heterocycles. The number of halogens is 1. The first-order chi connectivity index (χ1) is 9.95. The molecule has 0 aliphatic heterocycles. The van der Waals surface area contributed by atoms with E-state index in [9.17, 15) is 4.79 Å². The summed E-state index contributed by atoms with van der Waals surface area (Å²) >= 11 is 3.41. The third kappa shape index (κ3) is 4.36. The van der Waals surface area contributed by atoms with Crippen molar-refractivity contribution in [1.82, 2.24) is 9.97 Å². The van der Waals surface area contributed by atoms with Gasteiger partial charge in [0.15, 0.2) is 0 Å². The molecule has 0 aliphatic carbocycles. The maximum atomic E-state index is 10.7. The van der Waals surface area contributed by atoms with Gasteiger partial charge in [-0.15, -0.1) is 0 Å². The van der Waals surface area contributed by atoms with Gasteiger partial charge in [-0.2, -0.15) is 0 Å². The van der Waals surface area contributed by atoms with Crippen LogP contribution in [0.25, 0.3) is 0 Å². The van der Waals surface area contributed by atoms with Crippen molar-refractivity contribution < 1.29 is 9.90 Å². The number of carboxylic acids is 1. The van der Waals surface area contributed by atoms with Gasteiger partial charge in [-0.1, -0.05) is 28.1 Å². The number of hydrogen-bond acceptors (Lipinski definition) is 3. The Morgan fingerprint density at radius 3 is 2.24 bits per heavy atom. The average Bonchev–Trinajstić information content (AvgIpc) is 2.40. The molecule has 0 atom stereocenters. The highest BCUT2D eigenvalue weighted by molar-refractivity contribution is 9.10. The fourth-order valence-electron chi connectivity index (χ4n) is 2.27. The van der Waals surface area contributed by atoms with Crippen LogP contribution < -0.4 is 0 Å². The summed E-state index contributed by atoms with van der Waals surface area (Å²) in [6.45, 7) is 3.83. The van der Waals surface area contributed by atoms with Gasteiger partial charge in [-0.25, -0.2) is 9.97 Å². The molecule has 0 radical (unpaired) electrons. The molecule has 0 fully saturated rings. The molecule has 110 valence electrons. The summed E-state index contributed by atoms with van der Waals surface area (Å²) in [6.07, 6.45) is 1.26. The van der Waals surface area contributed by atoms with E-state index in [-0.39, 0.29) is 6.42 Å². The molecule has 5 heteroatoms. The minimum Gasteiger partial charge on any atom is -0.481 e. The Bertz CT molecular complexity index is 631. The second kappa shape index (κ2) is 6.80. The van der Waals surface area contributed by atoms with Crippen molar-refractivity contribution in [1.29, 1.82) is 0 Å². The monoisotopic (exact) mass is 348 g/mol. The second-order valence-corrected chi connectivity index (χ2v) is 5.90. The Kier molecular flexibility index (Phi) is 5.07. The summed E-state index contributed by atoms with van der Waals surface area (Å²) < 4.78 is 1.04. The number of hydrogen-bond donors (Lipinski definition) is 1. The van der Waals surface area contributed by atoms with Crippen LogP contribution in [0, 0.1) is 13.8 Å². The number of rotatable bonds is 5. The molecule has 0 bridgehead atoms. The zero-order valence-electron chi connectivity index (χ0n) is 12.1. The van der Waals surface area contributed by atoms with Crippen molar-refractivity contribution in [2.24, 2.45) is 0 Å². The maximum absolute atomic E-state index is 10.7. The van der Waals surface area contributed by atoms with Crippen molar-refractivity contribution >= 4 is 21.9 Å². The number of nitrogens with zero attached hydrogens (tertiary/aromatic N) is 2. The lowest BCUT2D eigenvalue weighted by Gasteiger charge is -2.10. The first-order valence-corrected chi connectivity index (χ1v) is 7.54. The van der Waals surface area contributed by atoms with Crippen LogP contribution in [-0.2, 0) is 17.6 Å². The van der Waals surface area contributed by atoms with E-state index in [1.807, 2.05) is 38.1 Å². The number of aryl methyl sites for hydroxylation is 2. The smallest absolute Gasteiger partial charge is 0.303 e. The number of benzene rings is 1. The molecule has 0 unspecified atom stereocenters. The highest BCUT2D eigenvalue weighted by Crippen LogP contribution is 2.16. The SMILES string of the molecule is Cc1nc(Cc2ccc(Br)cc2)nc(C)c1CCC(=O)O. The molecule has 0 spiro atoms. The lowest BCUT2D eigenvalue weighted by molar-refractivity contribution is -0.136. The Morgan fingerprint density at radius 2 is 1.71 bits per heavy atom. The van der Waals surface area contributed by atoms with Gasteiger partial charge in [0.2, 0.25) is 0 Å². The van der Waals surface area contributed by atoms with Crippen LogP contribution in [-0.4, -0.2) is 21.0 Å². The standard InChI is InChI=1S/C16H17BrN2O2/c1-10-14(7-8-16(20)21)11(2)19-15(18-10)9-12-3-5-13(17)6-4-12/h3-6H,7-9H2,1-2H3,(H,20,21). The molecule has 2 rings (SSSR count). The minimum absolute atomic E-state index is 0.108. The molecule has 1 aromatic carbocycles. The van der Waals surface area contributed by atoms with E-state index >= 15 is 0 Å². The summed E-state index contributed by atoms with van der Waals surface area (Å²) in [4.78, 5) is 19.7. The number of aromatic nitrogens is 2. The highest BCUT2D eigenvalue weighted by Gasteiger charge is 2.10. The normalized spacial score (nSPS) is 10.6. The predicted octanol–water partition coefficient (Wildman–Crippen LogP) is 3.46. The Morgan fingerprint density at radius 1 is 1.14 bits per heavy atom. The predicted molar refractivity (Wildman–Crippen MR) is 84.4 cm³/mol. The van der Waals surface area contributed by atoms with Crippen LogP contribution >= 0.6 is 15.9 Å². The molecule has 1 aromatic heterocycles. The van der Waals surface area contributed by atoms with Crippen molar-refractivity contribution in [3.8, 4) is 0 Å². The summed E-state index contributed by atoms with van der Waals surface area (Å²) in [7, 11) is 0. The molecule has 1 N–H and O–H groups in total. The van der Waals surface area contributed by atoms with Crippen LogP contribution in [0.5, 0.6) is 0 Å². The van der Waals surface area contributed by atoms with Gasteiger partial charge in [0.1, 0.15) is 5.82 Å². The largest absolute Gasteiger partial charge is 0.481 e. The van der Waals surface area contributed by atoms with Gasteiger partial charge in [-0.3, -0.25) is 4.79 Å². The molecular formula is C16H17BrN2O2. The van der Waals surface area contributed by atoms with Gasteiger partial charge >= 0.3 is 5.97 Å². The van der Waals surface area contributed by atoms with E-state index in [0.29, 0.717) is 12.8 Å². The third-order valence-electron chi connectivity index (χ3n) is 3.33. The Balaban J connectivity index is 2.18. The van der Waals surface area contributed by atoms with Crippen LogP contribution in [0.4, 0.5) is 0 Å². The summed E-state index contributed by atoms with van der Waals surface area (Å²) in [5.41, 5.74) is 3.83. The third-order valence-corrected chi connectivity index (χ3v) is 3.86. The van der Waals surface area contributed by atoms with Gasteiger partial charge in [0.05, 0.1) is 0 Å². The van der Waals surface area contributed by atoms with E-state index in [1.165, 1.54) is 0 Å². The van der Waals surface area contributed by atoms with Crippen LogP contribution in [0.1, 0.15) is 34.8 Å². The van der Waals surface area contributed by atoms with E-state index in [1.54, 1.807) is 0 Å². The quantitative estimate of drug-likeness (QED) is 0.898. The second-order valence-electron chi connectivity index (χ2n) is 4.99. The minimum atomic E-state index is -0.798. The van der Waals surface area contributed by atoms with Gasteiger partial charge < -0.3 is 5.11 Å². The maximum Gasteiger partial charge on any atom is 0.303 e. The molecule has 0 aliphatic rings. The van der Waals surface area contributed by atoms with Crippen molar-refractivity contribution in [2.75, 3.05) is 0 Å². The van der Waals surface area contributed by atoms with Gasteiger partial charge in [0.25, 0.3) is 0 Å². The van der Waals surface area contributed by atoms with Crippen molar-refractivity contribution in [2.45, 2.75) is 33.1 Å². The molecule has 0 amide bonds. The van der Waals surface area contributed by atoms with Crippen molar-refractivity contribution in [3.05, 3.63) is 57.1 Å². The van der Waals surface area contributed by atoms with E-state index in [2.05, 4.69) is 25.9 Å².